The van der Waals surface area contributed by atoms with Crippen molar-refractivity contribution in [1.82, 2.24) is 19.7 Å². The van der Waals surface area contributed by atoms with Gasteiger partial charge in [0.1, 0.15) is 23.6 Å². The van der Waals surface area contributed by atoms with E-state index < -0.39 is 11.9 Å². The second kappa shape index (κ2) is 8.15. The molecular weight excluding hydrogens is 444 g/mol. The number of primary amides is 1. The maximum absolute atomic E-state index is 13.4. The van der Waals surface area contributed by atoms with E-state index in [1.165, 1.54) is 4.68 Å². The highest BCUT2D eigenvalue weighted by Crippen LogP contribution is 2.44. The van der Waals surface area contributed by atoms with Crippen molar-refractivity contribution in [3.63, 3.8) is 0 Å². The summed E-state index contributed by atoms with van der Waals surface area (Å²) in [5, 5.41) is 7.99. The minimum Gasteiger partial charge on any atom is -0.364 e. The number of aromatic nitrogens is 3. The number of amides is 3. The number of aryl methyl sites for hydroxylation is 1. The Morgan fingerprint density at radius 2 is 2.03 bits per heavy atom. The molecule has 3 atom stereocenters. The van der Waals surface area contributed by atoms with Crippen molar-refractivity contribution in [2.75, 3.05) is 5.32 Å². The molecule has 0 unspecified atom stereocenters. The van der Waals surface area contributed by atoms with Crippen molar-refractivity contribution in [3.05, 3.63) is 52.8 Å². The Labute approximate surface area is 194 Å². The molecule has 3 amide bonds. The molecule has 0 radical (unpaired) electrons. The third-order valence-electron chi connectivity index (χ3n) is 6.58. The Balaban J connectivity index is 1.41. The third kappa shape index (κ3) is 3.82. The Morgan fingerprint density at radius 1 is 1.21 bits per heavy atom. The fourth-order valence-corrected chi connectivity index (χ4v) is 5.07. The number of carbonyl (C=O) groups is 3. The summed E-state index contributed by atoms with van der Waals surface area (Å²) in [5.41, 5.74) is 7.25. The van der Waals surface area contributed by atoms with Crippen LogP contribution in [0.4, 0.5) is 5.82 Å². The van der Waals surface area contributed by atoms with Crippen LogP contribution in [-0.2, 0) is 16.1 Å². The first-order valence-electron chi connectivity index (χ1n) is 10.8. The van der Waals surface area contributed by atoms with Gasteiger partial charge in [-0.1, -0.05) is 29.3 Å². The predicted molar refractivity (Wildman–Crippen MR) is 123 cm³/mol. The first kappa shape index (κ1) is 21.4. The molecular formula is C23H23ClN6O3. The molecule has 0 bridgehead atoms. The monoisotopic (exact) mass is 466 g/mol. The number of nitrogens with zero attached hydrogens (tertiary/aromatic N) is 4. The van der Waals surface area contributed by atoms with Crippen LogP contribution < -0.4 is 11.1 Å². The number of rotatable bonds is 5. The van der Waals surface area contributed by atoms with Crippen molar-refractivity contribution in [2.45, 2.75) is 44.8 Å². The number of likely N-dealkylation sites (tertiary alicyclic amines) is 1. The van der Waals surface area contributed by atoms with E-state index in [-0.39, 0.29) is 35.2 Å². The summed E-state index contributed by atoms with van der Waals surface area (Å²) in [6, 6.07) is 9.95. The van der Waals surface area contributed by atoms with Gasteiger partial charge in [0.25, 0.3) is 5.91 Å². The molecule has 170 valence electrons. The first-order chi connectivity index (χ1) is 15.8. The van der Waals surface area contributed by atoms with E-state index in [0.717, 1.165) is 18.4 Å². The number of benzene rings is 1. The minimum atomic E-state index is -0.650. The summed E-state index contributed by atoms with van der Waals surface area (Å²) in [6.07, 6.45) is 2.46. The number of halogens is 1. The van der Waals surface area contributed by atoms with Gasteiger partial charge in [-0.05, 0) is 56.4 Å². The van der Waals surface area contributed by atoms with Gasteiger partial charge >= 0.3 is 0 Å². The summed E-state index contributed by atoms with van der Waals surface area (Å²) in [6.45, 7) is 1.82. The number of fused-ring (bicyclic) bond motifs is 2. The normalized spacial score (nSPS) is 21.5. The molecule has 1 saturated heterocycles. The SMILES string of the molecule is Cc1ccc2c(c1)c(C(N)=O)nn2CC(=O)N1[C@@H]2CC[C@@H]2C[C@H]1C(=O)Nc1cccc(Cl)n1. The Bertz CT molecular complexity index is 1290. The molecule has 1 saturated carbocycles. The van der Waals surface area contributed by atoms with Crippen LogP contribution in [0.25, 0.3) is 10.9 Å². The van der Waals surface area contributed by atoms with Crippen LogP contribution in [0.3, 0.4) is 0 Å². The van der Waals surface area contributed by atoms with E-state index in [4.69, 9.17) is 17.3 Å². The summed E-state index contributed by atoms with van der Waals surface area (Å²) in [7, 11) is 0. The first-order valence-corrected chi connectivity index (χ1v) is 11.2. The molecule has 1 aliphatic carbocycles. The average Bonchev–Trinajstić information content (AvgIpc) is 3.22. The predicted octanol–water partition coefficient (Wildman–Crippen LogP) is 2.51. The minimum absolute atomic E-state index is 0.0280. The van der Waals surface area contributed by atoms with E-state index >= 15 is 0 Å². The molecule has 2 aliphatic rings. The zero-order chi connectivity index (χ0) is 23.3. The number of anilines is 1. The molecule has 2 fully saturated rings. The van der Waals surface area contributed by atoms with Gasteiger partial charge in [0.05, 0.1) is 5.52 Å². The van der Waals surface area contributed by atoms with Crippen LogP contribution in [0.15, 0.2) is 36.4 Å². The van der Waals surface area contributed by atoms with Gasteiger partial charge in [-0.25, -0.2) is 4.98 Å². The smallest absolute Gasteiger partial charge is 0.269 e. The number of hydrogen-bond acceptors (Lipinski definition) is 5. The van der Waals surface area contributed by atoms with E-state index in [1.54, 1.807) is 23.1 Å². The molecule has 3 aromatic rings. The lowest BCUT2D eigenvalue weighted by Crippen LogP contribution is -2.50. The summed E-state index contributed by atoms with van der Waals surface area (Å²) < 4.78 is 1.50. The van der Waals surface area contributed by atoms with Crippen LogP contribution in [0, 0.1) is 12.8 Å². The van der Waals surface area contributed by atoms with E-state index in [2.05, 4.69) is 15.4 Å². The Morgan fingerprint density at radius 3 is 2.73 bits per heavy atom. The topological polar surface area (TPSA) is 123 Å². The van der Waals surface area contributed by atoms with Crippen molar-refractivity contribution in [2.24, 2.45) is 11.7 Å². The van der Waals surface area contributed by atoms with Crippen LogP contribution in [0.2, 0.25) is 5.15 Å². The van der Waals surface area contributed by atoms with Crippen molar-refractivity contribution < 1.29 is 14.4 Å². The molecule has 1 aromatic carbocycles. The maximum atomic E-state index is 13.4. The van der Waals surface area contributed by atoms with E-state index in [9.17, 15) is 14.4 Å². The molecule has 10 heteroatoms. The van der Waals surface area contributed by atoms with E-state index in [1.807, 2.05) is 25.1 Å². The highest BCUT2D eigenvalue weighted by atomic mass is 35.5. The van der Waals surface area contributed by atoms with Gasteiger partial charge in [-0.15, -0.1) is 0 Å². The van der Waals surface area contributed by atoms with Crippen molar-refractivity contribution in [1.29, 1.82) is 0 Å². The zero-order valence-corrected chi connectivity index (χ0v) is 18.7. The number of nitrogens with two attached hydrogens (primary N) is 1. The highest BCUT2D eigenvalue weighted by Gasteiger charge is 2.51. The standard InChI is InChI=1S/C23H23ClN6O3/c1-12-5-7-16-14(9-12)21(22(25)32)28-29(16)11-20(31)30-15-8-6-13(15)10-17(30)23(33)27-19-4-2-3-18(24)26-19/h2-5,7,9,13,15,17H,6,8,10-11H2,1H3,(H2,25,32)(H,26,27,33)/t13-,15-,17+/m1/s1. The molecule has 0 spiro atoms. The van der Waals surface area contributed by atoms with E-state index in [0.29, 0.717) is 29.1 Å². The van der Waals surface area contributed by atoms with Gasteiger partial charge in [0, 0.05) is 11.4 Å². The molecule has 33 heavy (non-hydrogen) atoms. The third-order valence-corrected chi connectivity index (χ3v) is 6.79. The van der Waals surface area contributed by atoms with Crippen LogP contribution in [0.1, 0.15) is 35.3 Å². The number of nitrogens with one attached hydrogen (secondary N) is 1. The molecule has 3 N–H and O–H groups in total. The van der Waals surface area contributed by atoms with Gasteiger partial charge in [-0.2, -0.15) is 5.10 Å². The summed E-state index contributed by atoms with van der Waals surface area (Å²) in [4.78, 5) is 44.2. The Kier molecular flexibility index (Phi) is 5.28. The summed E-state index contributed by atoms with van der Waals surface area (Å²) >= 11 is 5.93. The highest BCUT2D eigenvalue weighted by molar-refractivity contribution is 6.29. The molecule has 1 aliphatic heterocycles. The lowest BCUT2D eigenvalue weighted by atomic mass is 9.80. The number of hydrogen-bond donors (Lipinski definition) is 2. The zero-order valence-electron chi connectivity index (χ0n) is 18.0. The van der Waals surface area contributed by atoms with Gasteiger partial charge in [0.2, 0.25) is 11.8 Å². The van der Waals surface area contributed by atoms with Crippen molar-refractivity contribution >= 4 is 46.0 Å². The second-order valence-electron chi connectivity index (χ2n) is 8.68. The number of pyridine rings is 1. The van der Waals surface area contributed by atoms with Crippen molar-refractivity contribution in [3.8, 4) is 0 Å². The lowest BCUT2D eigenvalue weighted by molar-refractivity contribution is -0.140. The van der Waals surface area contributed by atoms with Gasteiger partial charge in [0.15, 0.2) is 5.69 Å². The summed E-state index contributed by atoms with van der Waals surface area (Å²) in [5.74, 6) is -0.508. The average molecular weight is 467 g/mol. The van der Waals surface area contributed by atoms with Gasteiger partial charge < -0.3 is 16.0 Å². The fourth-order valence-electron chi connectivity index (χ4n) is 4.91. The van der Waals surface area contributed by atoms with Crippen LogP contribution in [0.5, 0.6) is 0 Å². The lowest BCUT2D eigenvalue weighted by Gasteiger charge is -2.37. The molecule has 3 heterocycles. The molecule has 2 aromatic heterocycles. The fraction of sp³-hybridized carbons (Fsp3) is 0.348. The number of carbonyl (C=O) groups excluding carboxylic acids is 3. The second-order valence-corrected chi connectivity index (χ2v) is 9.07. The largest absolute Gasteiger partial charge is 0.364 e. The van der Waals surface area contributed by atoms with Crippen LogP contribution in [-0.4, -0.2) is 49.5 Å². The molecule has 5 rings (SSSR count). The maximum Gasteiger partial charge on any atom is 0.269 e. The van der Waals surface area contributed by atoms with Gasteiger partial charge in [-0.3, -0.25) is 19.1 Å². The Hall–Kier alpha value is -3.46. The van der Waals surface area contributed by atoms with Crippen LogP contribution >= 0.6 is 11.6 Å². The molecule has 9 nitrogen and oxygen atoms in total. The quantitative estimate of drug-likeness (QED) is 0.559.